The zero-order valence-corrected chi connectivity index (χ0v) is 14.2. The molecule has 0 spiro atoms. The summed E-state index contributed by atoms with van der Waals surface area (Å²) in [6.45, 7) is -0.332. The Morgan fingerprint density at radius 2 is 1.84 bits per heavy atom. The first-order valence-electron chi connectivity index (χ1n) is 7.18. The van der Waals surface area contributed by atoms with E-state index in [0.29, 0.717) is 16.4 Å². The fourth-order valence-electron chi connectivity index (χ4n) is 2.05. The summed E-state index contributed by atoms with van der Waals surface area (Å²) in [6, 6.07) is 13.4. The van der Waals surface area contributed by atoms with E-state index in [2.05, 4.69) is 10.9 Å². The van der Waals surface area contributed by atoms with E-state index in [1.54, 1.807) is 30.3 Å². The molecule has 1 aromatic heterocycles. The number of para-hydroxylation sites is 1. The van der Waals surface area contributed by atoms with E-state index in [0.717, 1.165) is 5.39 Å². The van der Waals surface area contributed by atoms with E-state index in [1.165, 1.54) is 6.07 Å². The number of halogens is 2. The van der Waals surface area contributed by atoms with Crippen LogP contribution in [-0.4, -0.2) is 18.4 Å². The van der Waals surface area contributed by atoms with Crippen molar-refractivity contribution in [1.82, 2.24) is 10.9 Å². The van der Waals surface area contributed by atoms with Gasteiger partial charge in [-0.15, -0.1) is 0 Å². The molecule has 8 heteroatoms. The number of rotatable bonds is 4. The van der Waals surface area contributed by atoms with Crippen LogP contribution in [0.5, 0.6) is 5.75 Å². The van der Waals surface area contributed by atoms with Crippen LogP contribution in [0.3, 0.4) is 0 Å². The molecule has 3 aromatic rings. The molecule has 0 radical (unpaired) electrons. The Morgan fingerprint density at radius 3 is 2.60 bits per heavy atom. The number of carbonyl (C=O) groups excluding carboxylic acids is 2. The third kappa shape index (κ3) is 4.23. The fourth-order valence-corrected chi connectivity index (χ4v) is 2.52. The van der Waals surface area contributed by atoms with Crippen LogP contribution in [0.15, 0.2) is 52.9 Å². The maximum Gasteiger partial charge on any atom is 0.305 e. The maximum atomic E-state index is 12.0. The second kappa shape index (κ2) is 7.46. The molecule has 0 aliphatic heterocycles. The van der Waals surface area contributed by atoms with Crippen LogP contribution >= 0.6 is 23.2 Å². The van der Waals surface area contributed by atoms with Crippen LogP contribution in [0.4, 0.5) is 0 Å². The van der Waals surface area contributed by atoms with Crippen molar-refractivity contribution in [2.45, 2.75) is 0 Å². The first-order valence-corrected chi connectivity index (χ1v) is 7.94. The summed E-state index contributed by atoms with van der Waals surface area (Å²) in [5, 5.41) is 1.53. The molecule has 0 bridgehead atoms. The predicted molar refractivity (Wildman–Crippen MR) is 93.8 cm³/mol. The largest absolute Gasteiger partial charge is 0.482 e. The van der Waals surface area contributed by atoms with Gasteiger partial charge in [-0.3, -0.25) is 20.4 Å². The fraction of sp³-hybridized carbons (Fsp3) is 0.0588. The monoisotopic (exact) mass is 378 g/mol. The quantitative estimate of drug-likeness (QED) is 0.679. The summed E-state index contributed by atoms with van der Waals surface area (Å²) in [6.07, 6.45) is 0. The van der Waals surface area contributed by atoms with E-state index in [9.17, 15) is 9.59 Å². The Kier molecular flexibility index (Phi) is 5.11. The molecule has 0 saturated carbocycles. The number of benzene rings is 2. The van der Waals surface area contributed by atoms with Gasteiger partial charge < -0.3 is 9.15 Å². The second-order valence-corrected chi connectivity index (χ2v) is 5.86. The van der Waals surface area contributed by atoms with Gasteiger partial charge >= 0.3 is 5.91 Å². The lowest BCUT2D eigenvalue weighted by Gasteiger charge is -2.09. The van der Waals surface area contributed by atoms with Gasteiger partial charge in [-0.05, 0) is 30.3 Å². The third-order valence-electron chi connectivity index (χ3n) is 3.22. The highest BCUT2D eigenvalue weighted by Crippen LogP contribution is 2.27. The van der Waals surface area contributed by atoms with Gasteiger partial charge in [-0.25, -0.2) is 0 Å². The van der Waals surface area contributed by atoms with Crippen LogP contribution in [-0.2, 0) is 4.79 Å². The number of furan rings is 1. The first-order chi connectivity index (χ1) is 12.0. The van der Waals surface area contributed by atoms with Gasteiger partial charge in [0.1, 0.15) is 11.3 Å². The SMILES string of the molecule is O=C(COc1ccc(Cl)cc1Cl)NNC(=O)c1cc2ccccc2o1. The average molecular weight is 379 g/mol. The molecule has 0 fully saturated rings. The molecular formula is C17H12Cl2N2O4. The summed E-state index contributed by atoms with van der Waals surface area (Å²) in [5.41, 5.74) is 5.07. The summed E-state index contributed by atoms with van der Waals surface area (Å²) in [5.74, 6) is -0.738. The van der Waals surface area contributed by atoms with Gasteiger partial charge in [-0.1, -0.05) is 41.4 Å². The lowest BCUT2D eigenvalue weighted by Crippen LogP contribution is -2.43. The standard InChI is InChI=1S/C17H12Cl2N2O4/c18-11-5-6-14(12(19)8-11)24-9-16(22)20-21-17(23)15-7-10-3-1-2-4-13(10)25-15/h1-8H,9H2,(H,20,22)(H,21,23). The molecule has 1 heterocycles. The topological polar surface area (TPSA) is 80.6 Å². The number of nitrogens with one attached hydrogen (secondary N) is 2. The van der Waals surface area contributed by atoms with Crippen molar-refractivity contribution in [1.29, 1.82) is 0 Å². The minimum absolute atomic E-state index is 0.0863. The highest BCUT2D eigenvalue weighted by Gasteiger charge is 2.13. The van der Waals surface area contributed by atoms with Gasteiger partial charge in [0, 0.05) is 10.4 Å². The van der Waals surface area contributed by atoms with Crippen molar-refractivity contribution < 1.29 is 18.7 Å². The first kappa shape index (κ1) is 17.1. The third-order valence-corrected chi connectivity index (χ3v) is 3.75. The Labute approximate surface area is 152 Å². The van der Waals surface area contributed by atoms with Gasteiger partial charge in [0.25, 0.3) is 5.91 Å². The van der Waals surface area contributed by atoms with Crippen molar-refractivity contribution in [2.75, 3.05) is 6.61 Å². The zero-order chi connectivity index (χ0) is 17.8. The van der Waals surface area contributed by atoms with Crippen LogP contribution in [0, 0.1) is 0 Å². The van der Waals surface area contributed by atoms with Gasteiger partial charge in [0.15, 0.2) is 12.4 Å². The van der Waals surface area contributed by atoms with Crippen molar-refractivity contribution in [2.24, 2.45) is 0 Å². The molecule has 0 aliphatic carbocycles. The number of fused-ring (bicyclic) bond motifs is 1. The molecule has 0 unspecified atom stereocenters. The minimum atomic E-state index is -0.575. The van der Waals surface area contributed by atoms with E-state index in [-0.39, 0.29) is 17.4 Å². The smallest absolute Gasteiger partial charge is 0.305 e. The summed E-state index contributed by atoms with van der Waals surface area (Å²) >= 11 is 11.7. The molecule has 2 N–H and O–H groups in total. The molecule has 128 valence electrons. The molecule has 0 atom stereocenters. The molecule has 2 amide bonds. The zero-order valence-electron chi connectivity index (χ0n) is 12.7. The second-order valence-electron chi connectivity index (χ2n) is 5.01. The number of hydrogen-bond donors (Lipinski definition) is 2. The molecular weight excluding hydrogens is 367 g/mol. The lowest BCUT2D eigenvalue weighted by atomic mass is 10.2. The Balaban J connectivity index is 1.52. The number of amides is 2. The van der Waals surface area contributed by atoms with E-state index in [1.807, 2.05) is 12.1 Å². The molecule has 0 aliphatic rings. The van der Waals surface area contributed by atoms with E-state index in [4.69, 9.17) is 32.4 Å². The molecule has 25 heavy (non-hydrogen) atoms. The van der Waals surface area contributed by atoms with Crippen molar-refractivity contribution >= 4 is 46.0 Å². The molecule has 3 rings (SSSR count). The van der Waals surface area contributed by atoms with E-state index < -0.39 is 11.8 Å². The highest BCUT2D eigenvalue weighted by molar-refractivity contribution is 6.35. The maximum absolute atomic E-state index is 12.0. The number of carbonyl (C=O) groups is 2. The molecule has 6 nitrogen and oxygen atoms in total. The van der Waals surface area contributed by atoms with E-state index >= 15 is 0 Å². The van der Waals surface area contributed by atoms with Crippen LogP contribution in [0.2, 0.25) is 10.0 Å². The Morgan fingerprint density at radius 1 is 1.04 bits per heavy atom. The van der Waals surface area contributed by atoms with Gasteiger partial charge in [-0.2, -0.15) is 0 Å². The van der Waals surface area contributed by atoms with Crippen molar-refractivity contribution in [3.63, 3.8) is 0 Å². The van der Waals surface area contributed by atoms with Crippen molar-refractivity contribution in [3.8, 4) is 5.75 Å². The Bertz CT molecular complexity index is 906. The summed E-state index contributed by atoms with van der Waals surface area (Å²) in [7, 11) is 0. The number of hydrogen-bond acceptors (Lipinski definition) is 4. The summed E-state index contributed by atoms with van der Waals surface area (Å²) < 4.78 is 10.7. The Hall–Kier alpha value is -2.70. The van der Waals surface area contributed by atoms with Gasteiger partial charge in [0.05, 0.1) is 5.02 Å². The molecule has 0 saturated heterocycles. The highest BCUT2D eigenvalue weighted by atomic mass is 35.5. The predicted octanol–water partition coefficient (Wildman–Crippen LogP) is 3.58. The number of ether oxygens (including phenoxy) is 1. The van der Waals surface area contributed by atoms with Crippen molar-refractivity contribution in [3.05, 3.63) is 64.3 Å². The average Bonchev–Trinajstić information content (AvgIpc) is 3.03. The minimum Gasteiger partial charge on any atom is -0.482 e. The van der Waals surface area contributed by atoms with Crippen LogP contribution in [0.1, 0.15) is 10.6 Å². The number of hydrazine groups is 1. The summed E-state index contributed by atoms with van der Waals surface area (Å²) in [4.78, 5) is 23.7. The van der Waals surface area contributed by atoms with Gasteiger partial charge in [0.2, 0.25) is 0 Å². The molecule has 2 aromatic carbocycles. The lowest BCUT2D eigenvalue weighted by molar-refractivity contribution is -0.123. The normalized spacial score (nSPS) is 10.5. The van der Waals surface area contributed by atoms with Crippen LogP contribution in [0.25, 0.3) is 11.0 Å². The van der Waals surface area contributed by atoms with Crippen LogP contribution < -0.4 is 15.6 Å².